The van der Waals surface area contributed by atoms with Crippen molar-refractivity contribution >= 4 is 0 Å². The molecule has 0 nitrogen and oxygen atoms in total. The first-order valence-electron chi connectivity index (χ1n) is 4.78. The number of allylic oxidation sites excluding steroid dienone is 2. The molecule has 0 unspecified atom stereocenters. The van der Waals surface area contributed by atoms with E-state index in [4.69, 9.17) is 0 Å². The summed E-state index contributed by atoms with van der Waals surface area (Å²) in [5, 5.41) is 0. The highest BCUT2D eigenvalue weighted by Crippen LogP contribution is 2.22. The quantitative estimate of drug-likeness (QED) is 0.432. The molecule has 0 rings (SSSR count). The van der Waals surface area contributed by atoms with Crippen LogP contribution in [0, 0.1) is 0 Å². The Morgan fingerprint density at radius 3 is 2.15 bits per heavy atom. The summed E-state index contributed by atoms with van der Waals surface area (Å²) in [7, 11) is 0. The molecule has 0 aromatic rings. The highest BCUT2D eigenvalue weighted by Gasteiger charge is 2.25. The Morgan fingerprint density at radius 2 is 1.62 bits per heavy atom. The van der Waals surface area contributed by atoms with Gasteiger partial charge in [0.25, 0.3) is 0 Å². The molecular weight excluding hydrogens is 177 g/mol. The zero-order chi connectivity index (χ0) is 10.2. The van der Waals surface area contributed by atoms with E-state index in [-0.39, 0.29) is 6.42 Å². The van der Waals surface area contributed by atoms with E-state index in [1.165, 1.54) is 0 Å². The van der Waals surface area contributed by atoms with Crippen LogP contribution >= 0.6 is 0 Å². The molecule has 0 saturated carbocycles. The van der Waals surface area contributed by atoms with Crippen molar-refractivity contribution < 1.29 is 13.2 Å². The second kappa shape index (κ2) is 6.98. The Balaban J connectivity index is 3.17. The lowest BCUT2D eigenvalue weighted by Crippen LogP contribution is -2.05. The van der Waals surface area contributed by atoms with Gasteiger partial charge < -0.3 is 0 Å². The molecule has 0 atom stereocenters. The van der Waals surface area contributed by atoms with Gasteiger partial charge in [-0.3, -0.25) is 0 Å². The fraction of sp³-hybridized carbons (Fsp3) is 0.800. The van der Waals surface area contributed by atoms with Crippen LogP contribution in [0.25, 0.3) is 0 Å². The molecule has 0 amide bonds. The average molecular weight is 194 g/mol. The molecule has 13 heavy (non-hydrogen) atoms. The maximum Gasteiger partial charge on any atom is 0.389 e. The molecule has 0 aliphatic carbocycles. The van der Waals surface area contributed by atoms with Gasteiger partial charge >= 0.3 is 6.18 Å². The monoisotopic (exact) mass is 194 g/mol. The zero-order valence-corrected chi connectivity index (χ0v) is 8.03. The van der Waals surface area contributed by atoms with Crippen molar-refractivity contribution in [2.75, 3.05) is 0 Å². The topological polar surface area (TPSA) is 0 Å². The van der Waals surface area contributed by atoms with E-state index < -0.39 is 12.6 Å². The van der Waals surface area contributed by atoms with E-state index in [2.05, 4.69) is 6.92 Å². The fourth-order valence-corrected chi connectivity index (χ4v) is 0.990. The summed E-state index contributed by atoms with van der Waals surface area (Å²) in [5.74, 6) is 0. The maximum atomic E-state index is 11.7. The van der Waals surface area contributed by atoms with Crippen LogP contribution in [0.15, 0.2) is 12.2 Å². The van der Waals surface area contributed by atoms with Gasteiger partial charge in [-0.25, -0.2) is 0 Å². The molecule has 0 bridgehead atoms. The summed E-state index contributed by atoms with van der Waals surface area (Å²) in [6, 6.07) is 0. The van der Waals surface area contributed by atoms with Gasteiger partial charge in [0.05, 0.1) is 0 Å². The highest BCUT2D eigenvalue weighted by molar-refractivity contribution is 4.80. The van der Waals surface area contributed by atoms with Gasteiger partial charge in [-0.1, -0.05) is 25.5 Å². The van der Waals surface area contributed by atoms with Crippen molar-refractivity contribution in [1.82, 2.24) is 0 Å². The molecule has 0 aromatic heterocycles. The SMILES string of the molecule is CCC/C=C/CCCCC(F)(F)F. The van der Waals surface area contributed by atoms with Gasteiger partial charge in [0, 0.05) is 6.42 Å². The summed E-state index contributed by atoms with van der Waals surface area (Å²) in [6.45, 7) is 2.08. The van der Waals surface area contributed by atoms with Crippen LogP contribution in [-0.4, -0.2) is 6.18 Å². The minimum atomic E-state index is -3.98. The van der Waals surface area contributed by atoms with Crippen molar-refractivity contribution in [3.05, 3.63) is 12.2 Å². The average Bonchev–Trinajstić information content (AvgIpc) is 2.01. The lowest BCUT2D eigenvalue weighted by atomic mass is 10.1. The standard InChI is InChI=1S/C10H17F3/c1-2-3-4-5-6-7-8-9-10(11,12)13/h4-5H,2-3,6-9H2,1H3/b5-4+. The van der Waals surface area contributed by atoms with E-state index in [1.807, 2.05) is 12.2 Å². The Morgan fingerprint density at radius 1 is 1.00 bits per heavy atom. The molecule has 0 aromatic carbocycles. The van der Waals surface area contributed by atoms with Crippen LogP contribution in [0.2, 0.25) is 0 Å². The minimum absolute atomic E-state index is 0.250. The third-order valence-corrected chi connectivity index (χ3v) is 1.70. The van der Waals surface area contributed by atoms with Crippen molar-refractivity contribution in [1.29, 1.82) is 0 Å². The van der Waals surface area contributed by atoms with Gasteiger partial charge in [-0.05, 0) is 25.7 Å². The molecule has 0 aliphatic rings. The highest BCUT2D eigenvalue weighted by atomic mass is 19.4. The number of hydrogen-bond donors (Lipinski definition) is 0. The summed E-state index contributed by atoms with van der Waals surface area (Å²) in [6.07, 6.45) is 3.17. The summed E-state index contributed by atoms with van der Waals surface area (Å²) in [4.78, 5) is 0. The number of rotatable bonds is 6. The lowest BCUT2D eigenvalue weighted by Gasteiger charge is -2.03. The van der Waals surface area contributed by atoms with Crippen LogP contribution in [0.3, 0.4) is 0 Å². The third kappa shape index (κ3) is 11.5. The summed E-state index contributed by atoms with van der Waals surface area (Å²) < 4.78 is 35.0. The third-order valence-electron chi connectivity index (χ3n) is 1.70. The van der Waals surface area contributed by atoms with Crippen LogP contribution in [-0.2, 0) is 0 Å². The first-order valence-corrected chi connectivity index (χ1v) is 4.78. The van der Waals surface area contributed by atoms with Crippen molar-refractivity contribution in [3.63, 3.8) is 0 Å². The predicted octanol–water partition coefficient (Wildman–Crippen LogP) is 4.47. The molecule has 0 saturated heterocycles. The van der Waals surface area contributed by atoms with Crippen molar-refractivity contribution in [2.45, 2.75) is 51.6 Å². The Kier molecular flexibility index (Phi) is 6.73. The summed E-state index contributed by atoms with van der Waals surface area (Å²) in [5.41, 5.74) is 0. The molecule has 0 N–H and O–H groups in total. The zero-order valence-electron chi connectivity index (χ0n) is 8.03. The maximum absolute atomic E-state index is 11.7. The number of hydrogen-bond acceptors (Lipinski definition) is 0. The Labute approximate surface area is 77.8 Å². The Hall–Kier alpha value is -0.470. The van der Waals surface area contributed by atoms with Gasteiger partial charge in [-0.15, -0.1) is 0 Å². The lowest BCUT2D eigenvalue weighted by molar-refractivity contribution is -0.135. The second-order valence-electron chi connectivity index (χ2n) is 3.12. The minimum Gasteiger partial charge on any atom is -0.171 e. The normalized spacial score (nSPS) is 12.6. The summed E-state index contributed by atoms with van der Waals surface area (Å²) >= 11 is 0. The smallest absolute Gasteiger partial charge is 0.171 e. The fourth-order valence-electron chi connectivity index (χ4n) is 0.990. The second-order valence-corrected chi connectivity index (χ2v) is 3.12. The molecule has 0 aliphatic heterocycles. The molecule has 3 heteroatoms. The van der Waals surface area contributed by atoms with Gasteiger partial charge in [0.2, 0.25) is 0 Å². The van der Waals surface area contributed by atoms with Crippen LogP contribution in [0.4, 0.5) is 13.2 Å². The van der Waals surface area contributed by atoms with E-state index in [0.717, 1.165) is 19.3 Å². The molecular formula is C10H17F3. The van der Waals surface area contributed by atoms with Gasteiger partial charge in [-0.2, -0.15) is 13.2 Å². The van der Waals surface area contributed by atoms with E-state index in [1.54, 1.807) is 0 Å². The molecule has 78 valence electrons. The molecule has 0 fully saturated rings. The molecule has 0 spiro atoms. The van der Waals surface area contributed by atoms with Gasteiger partial charge in [0.1, 0.15) is 0 Å². The molecule has 0 radical (unpaired) electrons. The first kappa shape index (κ1) is 12.5. The predicted molar refractivity (Wildman–Crippen MR) is 48.6 cm³/mol. The van der Waals surface area contributed by atoms with Crippen molar-refractivity contribution in [2.24, 2.45) is 0 Å². The van der Waals surface area contributed by atoms with E-state index >= 15 is 0 Å². The van der Waals surface area contributed by atoms with E-state index in [0.29, 0.717) is 6.42 Å². The number of unbranched alkanes of at least 4 members (excludes halogenated alkanes) is 3. The van der Waals surface area contributed by atoms with Crippen LogP contribution in [0.5, 0.6) is 0 Å². The number of alkyl halides is 3. The van der Waals surface area contributed by atoms with Gasteiger partial charge in [0.15, 0.2) is 0 Å². The van der Waals surface area contributed by atoms with Crippen LogP contribution in [0.1, 0.15) is 45.4 Å². The largest absolute Gasteiger partial charge is 0.389 e. The van der Waals surface area contributed by atoms with E-state index in [9.17, 15) is 13.2 Å². The van der Waals surface area contributed by atoms with Crippen molar-refractivity contribution in [3.8, 4) is 0 Å². The molecule has 0 heterocycles. The first-order chi connectivity index (χ1) is 6.06. The number of halogens is 3. The Bertz CT molecular complexity index is 136. The van der Waals surface area contributed by atoms with Crippen LogP contribution < -0.4 is 0 Å².